The minimum Gasteiger partial charge on any atom is -0.493 e. The van der Waals surface area contributed by atoms with E-state index in [-0.39, 0.29) is 28.3 Å². The van der Waals surface area contributed by atoms with Gasteiger partial charge < -0.3 is 9.64 Å². The Hall–Kier alpha value is -2.15. The number of aromatic nitrogens is 1. The maximum Gasteiger partial charge on any atom is 0.290 e. The lowest BCUT2D eigenvalue weighted by atomic mass is 10.2. The monoisotopic (exact) mass is 366 g/mol. The summed E-state index contributed by atoms with van der Waals surface area (Å²) in [7, 11) is 1.64. The van der Waals surface area contributed by atoms with Crippen molar-refractivity contribution in [3.05, 3.63) is 53.7 Å². The van der Waals surface area contributed by atoms with Crippen molar-refractivity contribution in [2.45, 2.75) is 24.1 Å². The van der Waals surface area contributed by atoms with Crippen LogP contribution in [0.25, 0.3) is 0 Å². The SMILES string of the molecule is Cc1ccccc1OCCCN(C)C(=O)c1cccnc1SC(F)F. The zero-order chi connectivity index (χ0) is 18.2. The molecule has 25 heavy (non-hydrogen) atoms. The number of rotatable bonds is 8. The van der Waals surface area contributed by atoms with Gasteiger partial charge in [-0.05, 0) is 48.9 Å². The van der Waals surface area contributed by atoms with Crippen LogP contribution in [0.2, 0.25) is 0 Å². The summed E-state index contributed by atoms with van der Waals surface area (Å²) in [6.45, 7) is 2.89. The predicted molar refractivity (Wildman–Crippen MR) is 94.3 cm³/mol. The lowest BCUT2D eigenvalue weighted by molar-refractivity contribution is 0.0783. The third-order valence-electron chi connectivity index (χ3n) is 3.54. The first-order chi connectivity index (χ1) is 12.0. The van der Waals surface area contributed by atoms with Crippen molar-refractivity contribution in [3.63, 3.8) is 0 Å². The van der Waals surface area contributed by atoms with Crippen LogP contribution in [0.15, 0.2) is 47.6 Å². The van der Waals surface area contributed by atoms with Gasteiger partial charge in [-0.3, -0.25) is 4.79 Å². The highest BCUT2D eigenvalue weighted by atomic mass is 32.2. The number of carbonyl (C=O) groups excluding carboxylic acids is 1. The van der Waals surface area contributed by atoms with E-state index in [0.717, 1.165) is 11.3 Å². The van der Waals surface area contributed by atoms with E-state index in [1.54, 1.807) is 13.1 Å². The summed E-state index contributed by atoms with van der Waals surface area (Å²) in [5, 5.41) is 0.0468. The number of nitrogens with zero attached hydrogens (tertiary/aromatic N) is 2. The number of aryl methyl sites for hydroxylation is 1. The second kappa shape index (κ2) is 9.36. The van der Waals surface area contributed by atoms with Gasteiger partial charge in [0, 0.05) is 19.8 Å². The number of carbonyl (C=O) groups is 1. The van der Waals surface area contributed by atoms with Gasteiger partial charge in [0.05, 0.1) is 12.2 Å². The predicted octanol–water partition coefficient (Wildman–Crippen LogP) is 4.25. The fourth-order valence-corrected chi connectivity index (χ4v) is 2.81. The van der Waals surface area contributed by atoms with E-state index >= 15 is 0 Å². The van der Waals surface area contributed by atoms with Crippen LogP contribution in [-0.4, -0.2) is 41.7 Å². The van der Waals surface area contributed by atoms with E-state index in [2.05, 4.69) is 4.98 Å². The van der Waals surface area contributed by atoms with Crippen molar-refractivity contribution in [1.29, 1.82) is 0 Å². The van der Waals surface area contributed by atoms with Crippen molar-refractivity contribution in [1.82, 2.24) is 9.88 Å². The number of thioether (sulfide) groups is 1. The summed E-state index contributed by atoms with van der Waals surface area (Å²) in [5.74, 6) is -2.12. The Balaban J connectivity index is 1.87. The normalized spacial score (nSPS) is 10.8. The average Bonchev–Trinajstić information content (AvgIpc) is 2.59. The quantitative estimate of drug-likeness (QED) is 0.518. The second-order valence-corrected chi connectivity index (χ2v) is 6.41. The van der Waals surface area contributed by atoms with Gasteiger partial charge in [0.1, 0.15) is 10.8 Å². The molecule has 1 aromatic heterocycles. The summed E-state index contributed by atoms with van der Waals surface area (Å²) >= 11 is 0.281. The summed E-state index contributed by atoms with van der Waals surface area (Å²) < 4.78 is 30.9. The molecule has 0 N–H and O–H groups in total. The molecular formula is C18H20F2N2O2S. The van der Waals surface area contributed by atoms with Crippen LogP contribution in [0, 0.1) is 6.92 Å². The Kier molecular flexibility index (Phi) is 7.18. The molecule has 0 radical (unpaired) electrons. The zero-order valence-electron chi connectivity index (χ0n) is 14.1. The fourth-order valence-electron chi connectivity index (χ4n) is 2.24. The topological polar surface area (TPSA) is 42.4 Å². The van der Waals surface area contributed by atoms with Gasteiger partial charge in [0.15, 0.2) is 0 Å². The van der Waals surface area contributed by atoms with Crippen LogP contribution in [0.4, 0.5) is 8.78 Å². The Bertz CT molecular complexity index is 713. The molecule has 0 aliphatic carbocycles. The molecule has 134 valence electrons. The number of amides is 1. The molecule has 0 saturated heterocycles. The molecule has 0 atom stereocenters. The van der Waals surface area contributed by atoms with Crippen molar-refractivity contribution >= 4 is 17.7 Å². The van der Waals surface area contributed by atoms with Gasteiger partial charge in [-0.25, -0.2) is 4.98 Å². The molecule has 1 amide bonds. The molecule has 0 spiro atoms. The zero-order valence-corrected chi connectivity index (χ0v) is 14.9. The van der Waals surface area contributed by atoms with Crippen molar-refractivity contribution in [2.75, 3.05) is 20.2 Å². The highest BCUT2D eigenvalue weighted by molar-refractivity contribution is 7.99. The van der Waals surface area contributed by atoms with E-state index in [1.165, 1.54) is 17.2 Å². The molecule has 4 nitrogen and oxygen atoms in total. The first-order valence-corrected chi connectivity index (χ1v) is 8.70. The summed E-state index contributed by atoms with van der Waals surface area (Å²) in [4.78, 5) is 17.8. The van der Waals surface area contributed by atoms with E-state index in [1.807, 2.05) is 31.2 Å². The first kappa shape index (κ1) is 19.2. The van der Waals surface area contributed by atoms with Gasteiger partial charge in [-0.15, -0.1) is 0 Å². The standard InChI is InChI=1S/C18H20F2N2O2S/c1-13-7-3-4-9-15(13)24-12-6-11-22(2)17(23)14-8-5-10-21-16(14)25-18(19)20/h3-5,7-10,18H,6,11-12H2,1-2H3. The van der Waals surface area contributed by atoms with Crippen LogP contribution in [0.3, 0.4) is 0 Å². The molecule has 1 aromatic carbocycles. The highest BCUT2D eigenvalue weighted by Gasteiger charge is 2.19. The summed E-state index contributed by atoms with van der Waals surface area (Å²) in [5.41, 5.74) is 1.24. The third kappa shape index (κ3) is 5.70. The Labute approximate surface area is 150 Å². The highest BCUT2D eigenvalue weighted by Crippen LogP contribution is 2.27. The van der Waals surface area contributed by atoms with E-state index in [4.69, 9.17) is 4.74 Å². The van der Waals surface area contributed by atoms with Crippen LogP contribution in [0.5, 0.6) is 5.75 Å². The maximum atomic E-state index is 12.6. The number of pyridine rings is 1. The average molecular weight is 366 g/mol. The second-order valence-electron chi connectivity index (χ2n) is 5.43. The number of para-hydroxylation sites is 1. The van der Waals surface area contributed by atoms with Crippen LogP contribution >= 0.6 is 11.8 Å². The number of benzene rings is 1. The molecule has 0 aliphatic heterocycles. The molecular weight excluding hydrogens is 346 g/mol. The first-order valence-electron chi connectivity index (χ1n) is 7.82. The molecule has 0 saturated carbocycles. The van der Waals surface area contributed by atoms with Gasteiger partial charge >= 0.3 is 0 Å². The van der Waals surface area contributed by atoms with Gasteiger partial charge in [0.25, 0.3) is 11.7 Å². The smallest absolute Gasteiger partial charge is 0.290 e. The number of halogens is 2. The van der Waals surface area contributed by atoms with Gasteiger partial charge in [-0.1, -0.05) is 18.2 Å². The number of hydrogen-bond donors (Lipinski definition) is 0. The van der Waals surface area contributed by atoms with E-state index in [0.29, 0.717) is 19.6 Å². The third-order valence-corrected chi connectivity index (χ3v) is 4.26. The molecule has 2 rings (SSSR count). The van der Waals surface area contributed by atoms with Crippen molar-refractivity contribution in [2.24, 2.45) is 0 Å². The Morgan fingerprint density at radius 2 is 2.04 bits per heavy atom. The molecule has 0 fully saturated rings. The Morgan fingerprint density at radius 1 is 1.28 bits per heavy atom. The number of ether oxygens (including phenoxy) is 1. The number of alkyl halides is 2. The lowest BCUT2D eigenvalue weighted by Gasteiger charge is -2.18. The minimum absolute atomic E-state index is 0.0468. The summed E-state index contributed by atoms with van der Waals surface area (Å²) in [6.07, 6.45) is 2.03. The van der Waals surface area contributed by atoms with Crippen molar-refractivity contribution in [3.8, 4) is 5.75 Å². The van der Waals surface area contributed by atoms with Crippen LogP contribution in [0.1, 0.15) is 22.3 Å². The molecule has 0 bridgehead atoms. The van der Waals surface area contributed by atoms with E-state index < -0.39 is 5.76 Å². The maximum absolute atomic E-state index is 12.6. The van der Waals surface area contributed by atoms with E-state index in [9.17, 15) is 13.6 Å². The summed E-state index contributed by atoms with van der Waals surface area (Å²) in [6, 6.07) is 10.8. The van der Waals surface area contributed by atoms with Crippen molar-refractivity contribution < 1.29 is 18.3 Å². The fraction of sp³-hybridized carbons (Fsp3) is 0.333. The molecule has 0 aliphatic rings. The van der Waals surface area contributed by atoms with Crippen LogP contribution < -0.4 is 4.74 Å². The van der Waals surface area contributed by atoms with Crippen LogP contribution in [-0.2, 0) is 0 Å². The largest absolute Gasteiger partial charge is 0.493 e. The molecule has 1 heterocycles. The number of hydrogen-bond acceptors (Lipinski definition) is 4. The van der Waals surface area contributed by atoms with Gasteiger partial charge in [0.2, 0.25) is 0 Å². The Morgan fingerprint density at radius 3 is 2.76 bits per heavy atom. The van der Waals surface area contributed by atoms with Gasteiger partial charge in [-0.2, -0.15) is 8.78 Å². The molecule has 7 heteroatoms. The molecule has 0 unspecified atom stereocenters. The molecule has 2 aromatic rings. The lowest BCUT2D eigenvalue weighted by Crippen LogP contribution is -2.29. The minimum atomic E-state index is -2.62.